The molecule has 0 saturated heterocycles. The number of ether oxygens (including phenoxy) is 1. The van der Waals surface area contributed by atoms with Crippen LogP contribution in [-0.2, 0) is 14.3 Å². The zero-order chi connectivity index (χ0) is 25.1. The molecule has 1 N–H and O–H groups in total. The Balaban J connectivity index is 1.70. The Morgan fingerprint density at radius 1 is 1.11 bits per heavy atom. The maximum atomic E-state index is 13.5. The van der Waals surface area contributed by atoms with Crippen LogP contribution in [0, 0.1) is 5.82 Å². The van der Waals surface area contributed by atoms with Crippen molar-refractivity contribution in [3.05, 3.63) is 93.3 Å². The summed E-state index contributed by atoms with van der Waals surface area (Å²) in [6, 6.07) is 12.3. The van der Waals surface area contributed by atoms with Gasteiger partial charge in [0.25, 0.3) is 0 Å². The van der Waals surface area contributed by atoms with E-state index in [1.165, 1.54) is 55.8 Å². The van der Waals surface area contributed by atoms with Crippen LogP contribution in [0.1, 0.15) is 22.0 Å². The molecule has 4 rings (SSSR count). The molecule has 8 nitrogen and oxygen atoms in total. The van der Waals surface area contributed by atoms with Gasteiger partial charge in [-0.15, -0.1) is 0 Å². The number of anilines is 1. The van der Waals surface area contributed by atoms with Crippen LogP contribution in [0.25, 0.3) is 22.1 Å². The highest BCUT2D eigenvalue weighted by Crippen LogP contribution is 2.34. The molecule has 10 heteroatoms. The van der Waals surface area contributed by atoms with E-state index in [9.17, 15) is 23.6 Å². The fourth-order valence-electron chi connectivity index (χ4n) is 3.54. The number of aldehydes is 1. The number of nitrogens with zero attached hydrogens (tertiary/aromatic N) is 1. The van der Waals surface area contributed by atoms with Crippen LogP contribution < -0.4 is 10.9 Å². The van der Waals surface area contributed by atoms with Gasteiger partial charge >= 0.3 is 11.6 Å². The van der Waals surface area contributed by atoms with Crippen LogP contribution in [0.2, 0.25) is 5.02 Å². The van der Waals surface area contributed by atoms with Crippen LogP contribution in [0.3, 0.4) is 0 Å². The summed E-state index contributed by atoms with van der Waals surface area (Å²) in [4.78, 5) is 52.4. The Morgan fingerprint density at radius 2 is 1.91 bits per heavy atom. The summed E-state index contributed by atoms with van der Waals surface area (Å²) in [5.74, 6) is -3.14. The predicted octanol–water partition coefficient (Wildman–Crippen LogP) is 4.36. The first-order valence-electron chi connectivity index (χ1n) is 10.1. The molecule has 176 valence electrons. The van der Waals surface area contributed by atoms with Gasteiger partial charge in [0.2, 0.25) is 5.91 Å². The number of carbonyl (C=O) groups excluding carboxylic acids is 3. The second-order valence-electron chi connectivity index (χ2n) is 7.38. The van der Waals surface area contributed by atoms with E-state index in [4.69, 9.17) is 16.0 Å². The maximum absolute atomic E-state index is 13.5. The third-order valence-corrected chi connectivity index (χ3v) is 5.50. The van der Waals surface area contributed by atoms with E-state index in [1.54, 1.807) is 6.07 Å². The van der Waals surface area contributed by atoms with Gasteiger partial charge < -0.3 is 19.3 Å². The molecule has 2 aromatic carbocycles. The lowest BCUT2D eigenvalue weighted by atomic mass is 9.95. The Bertz CT molecular complexity index is 1530. The third kappa shape index (κ3) is 4.95. The fourth-order valence-corrected chi connectivity index (χ4v) is 3.81. The van der Waals surface area contributed by atoms with Crippen molar-refractivity contribution in [3.8, 4) is 11.1 Å². The van der Waals surface area contributed by atoms with Crippen molar-refractivity contribution in [1.29, 1.82) is 0 Å². The van der Waals surface area contributed by atoms with Gasteiger partial charge in [0.15, 0.2) is 0 Å². The van der Waals surface area contributed by atoms with E-state index >= 15 is 0 Å². The summed E-state index contributed by atoms with van der Waals surface area (Å²) in [6.45, 7) is 0. The number of rotatable bonds is 6. The summed E-state index contributed by atoms with van der Waals surface area (Å²) >= 11 is 6.17. The van der Waals surface area contributed by atoms with E-state index in [0.29, 0.717) is 22.8 Å². The molecule has 1 atom stereocenters. The molecular formula is C25H16ClFN2O6. The number of pyridine rings is 1. The van der Waals surface area contributed by atoms with E-state index in [1.807, 2.05) is 0 Å². The number of carbonyl (C=O) groups is 3. The van der Waals surface area contributed by atoms with Crippen molar-refractivity contribution in [2.24, 2.45) is 0 Å². The van der Waals surface area contributed by atoms with Crippen LogP contribution in [0.4, 0.5) is 10.1 Å². The second kappa shape index (κ2) is 9.86. The minimum atomic E-state index is -1.25. The molecule has 0 aliphatic heterocycles. The lowest BCUT2D eigenvalue weighted by Crippen LogP contribution is -2.22. The molecule has 0 spiro atoms. The zero-order valence-corrected chi connectivity index (χ0v) is 18.8. The molecule has 0 saturated carbocycles. The molecule has 0 radical (unpaired) electrons. The second-order valence-corrected chi connectivity index (χ2v) is 7.79. The average molecular weight is 495 g/mol. The number of esters is 1. The monoisotopic (exact) mass is 494 g/mol. The molecule has 0 fully saturated rings. The normalized spacial score (nSPS) is 11.6. The average Bonchev–Trinajstić information content (AvgIpc) is 2.83. The Hall–Kier alpha value is -4.37. The molecule has 0 aliphatic rings. The van der Waals surface area contributed by atoms with Crippen LogP contribution in [-0.4, -0.2) is 30.3 Å². The predicted molar refractivity (Wildman–Crippen MR) is 126 cm³/mol. The molecular weight excluding hydrogens is 479 g/mol. The smallest absolute Gasteiger partial charge is 0.356 e. The molecule has 1 amide bonds. The summed E-state index contributed by atoms with van der Waals surface area (Å²) in [6.07, 6.45) is 1.75. The molecule has 2 aromatic heterocycles. The Kier molecular flexibility index (Phi) is 6.70. The summed E-state index contributed by atoms with van der Waals surface area (Å²) in [5.41, 5.74) is 0.726. The molecule has 2 heterocycles. The lowest BCUT2D eigenvalue weighted by Gasteiger charge is -2.13. The van der Waals surface area contributed by atoms with Crippen molar-refractivity contribution in [2.75, 3.05) is 12.4 Å². The summed E-state index contributed by atoms with van der Waals surface area (Å²) in [7, 11) is 1.20. The number of amides is 1. The highest BCUT2D eigenvalue weighted by atomic mass is 35.5. The van der Waals surface area contributed by atoms with E-state index in [-0.39, 0.29) is 27.6 Å². The van der Waals surface area contributed by atoms with Gasteiger partial charge in [0.05, 0.1) is 12.1 Å². The first kappa shape index (κ1) is 23.8. The van der Waals surface area contributed by atoms with Gasteiger partial charge in [0.1, 0.15) is 29.3 Å². The summed E-state index contributed by atoms with van der Waals surface area (Å²) in [5, 5.41) is 3.14. The van der Waals surface area contributed by atoms with E-state index in [2.05, 4.69) is 15.0 Å². The van der Waals surface area contributed by atoms with Crippen molar-refractivity contribution in [2.45, 2.75) is 5.92 Å². The van der Waals surface area contributed by atoms with Crippen molar-refractivity contribution >= 4 is 46.4 Å². The van der Waals surface area contributed by atoms with Crippen LogP contribution in [0.5, 0.6) is 0 Å². The molecule has 0 aliphatic carbocycles. The first-order chi connectivity index (χ1) is 16.8. The van der Waals surface area contributed by atoms with Crippen LogP contribution >= 0.6 is 11.6 Å². The van der Waals surface area contributed by atoms with Crippen molar-refractivity contribution in [1.82, 2.24) is 4.98 Å². The number of hydrogen-bond donors (Lipinski definition) is 1. The maximum Gasteiger partial charge on any atom is 0.356 e. The van der Waals surface area contributed by atoms with Crippen LogP contribution in [0.15, 0.2) is 70.0 Å². The standard InChI is InChI=1S/C25H16ClFN2O6/c1-34-25(33)21-10-15(6-7-28-21)29-24(32)19(12-30)13-2-4-17-18(11-23(31)35-22(17)8-13)16-5-3-14(27)9-20(16)26/h2-12,19H,1H3,(H,28,29,32). The number of methoxy groups -OCH3 is 1. The fraction of sp³-hybridized carbons (Fsp3) is 0.0800. The van der Waals surface area contributed by atoms with Gasteiger partial charge in [0, 0.05) is 34.5 Å². The largest absolute Gasteiger partial charge is 0.464 e. The number of hydrogen-bond acceptors (Lipinski definition) is 7. The number of fused-ring (bicyclic) bond motifs is 1. The highest BCUT2D eigenvalue weighted by Gasteiger charge is 2.22. The SMILES string of the molecule is COC(=O)c1cc(NC(=O)C(C=O)c2ccc3c(-c4ccc(F)cc4Cl)cc(=O)oc3c2)ccn1. The van der Waals surface area contributed by atoms with Gasteiger partial charge in [-0.25, -0.2) is 19.0 Å². The zero-order valence-electron chi connectivity index (χ0n) is 18.1. The summed E-state index contributed by atoms with van der Waals surface area (Å²) < 4.78 is 23.4. The van der Waals surface area contributed by atoms with E-state index in [0.717, 1.165) is 6.07 Å². The van der Waals surface area contributed by atoms with Gasteiger partial charge in [-0.2, -0.15) is 0 Å². The quantitative estimate of drug-likeness (QED) is 0.183. The van der Waals surface area contributed by atoms with Crippen molar-refractivity contribution < 1.29 is 27.9 Å². The minimum absolute atomic E-state index is 0.0209. The van der Waals surface area contributed by atoms with Gasteiger partial charge in [-0.3, -0.25) is 4.79 Å². The lowest BCUT2D eigenvalue weighted by molar-refractivity contribution is -0.122. The molecule has 1 unspecified atom stereocenters. The Labute approximate surface area is 202 Å². The number of halogens is 2. The van der Waals surface area contributed by atoms with Gasteiger partial charge in [-0.1, -0.05) is 23.7 Å². The van der Waals surface area contributed by atoms with Gasteiger partial charge in [-0.05, 0) is 42.0 Å². The highest BCUT2D eigenvalue weighted by molar-refractivity contribution is 6.33. The number of aromatic nitrogens is 1. The molecule has 0 bridgehead atoms. The molecule has 35 heavy (non-hydrogen) atoms. The number of nitrogens with one attached hydrogen (secondary N) is 1. The third-order valence-electron chi connectivity index (χ3n) is 5.19. The van der Waals surface area contributed by atoms with Crippen molar-refractivity contribution in [3.63, 3.8) is 0 Å². The van der Waals surface area contributed by atoms with E-state index < -0.39 is 29.2 Å². The first-order valence-corrected chi connectivity index (χ1v) is 10.5. The number of benzene rings is 2. The Morgan fingerprint density at radius 3 is 2.63 bits per heavy atom. The minimum Gasteiger partial charge on any atom is -0.464 e. The molecule has 4 aromatic rings. The topological polar surface area (TPSA) is 116 Å².